The molecule has 0 saturated carbocycles. The van der Waals surface area contributed by atoms with E-state index in [9.17, 15) is 4.79 Å². The molecule has 0 aliphatic heterocycles. The number of carbonyl (C=O) groups is 1. The summed E-state index contributed by atoms with van der Waals surface area (Å²) in [7, 11) is 1.30. The summed E-state index contributed by atoms with van der Waals surface area (Å²) in [5, 5.41) is 4.18. The lowest BCUT2D eigenvalue weighted by Gasteiger charge is -2.08. The zero-order valence-corrected chi connectivity index (χ0v) is 10.3. The number of ether oxygens (including phenoxy) is 1. The fourth-order valence-electron chi connectivity index (χ4n) is 1.64. The predicted octanol–water partition coefficient (Wildman–Crippen LogP) is 0.648. The lowest BCUT2D eigenvalue weighted by atomic mass is 10.2. The van der Waals surface area contributed by atoms with Crippen LogP contribution < -0.4 is 5.73 Å². The Bertz CT molecular complexity index is 605. The van der Waals surface area contributed by atoms with E-state index in [0.29, 0.717) is 17.5 Å². The quantitative estimate of drug-likeness (QED) is 0.782. The van der Waals surface area contributed by atoms with Gasteiger partial charge in [-0.2, -0.15) is 4.68 Å². The minimum atomic E-state index is -0.509. The first kappa shape index (κ1) is 12.0. The second kappa shape index (κ2) is 4.44. The first-order valence-electron chi connectivity index (χ1n) is 5.28. The van der Waals surface area contributed by atoms with Gasteiger partial charge in [-0.15, -0.1) is 5.10 Å². The van der Waals surface area contributed by atoms with Crippen LogP contribution in [0.3, 0.4) is 0 Å². The van der Waals surface area contributed by atoms with Gasteiger partial charge in [0.2, 0.25) is 0 Å². The largest absolute Gasteiger partial charge is 0.465 e. The average molecular weight is 247 g/mol. The molecule has 18 heavy (non-hydrogen) atoms. The number of aryl methyl sites for hydroxylation is 2. The van der Waals surface area contributed by atoms with Crippen LogP contribution in [0.1, 0.15) is 22.0 Å². The number of nitrogens with zero attached hydrogens (tertiary/aromatic N) is 4. The van der Waals surface area contributed by atoms with Gasteiger partial charge in [0.15, 0.2) is 5.82 Å². The maximum absolute atomic E-state index is 11.5. The molecule has 7 heteroatoms. The highest BCUT2D eigenvalue weighted by Crippen LogP contribution is 2.20. The molecule has 0 aliphatic carbocycles. The van der Waals surface area contributed by atoms with Gasteiger partial charge in [-0.05, 0) is 19.9 Å². The van der Waals surface area contributed by atoms with E-state index in [1.807, 2.05) is 0 Å². The van der Waals surface area contributed by atoms with E-state index < -0.39 is 5.97 Å². The van der Waals surface area contributed by atoms with Crippen molar-refractivity contribution in [3.05, 3.63) is 29.5 Å². The zero-order valence-electron chi connectivity index (χ0n) is 10.3. The molecule has 94 valence electrons. The lowest BCUT2D eigenvalue weighted by Crippen LogP contribution is -2.12. The predicted molar refractivity (Wildman–Crippen MR) is 64.4 cm³/mol. The summed E-state index contributed by atoms with van der Waals surface area (Å²) in [6.45, 7) is 3.55. The van der Waals surface area contributed by atoms with Crippen LogP contribution in [0, 0.1) is 13.8 Å². The fraction of sp³-hybridized carbons (Fsp3) is 0.273. The molecule has 0 saturated heterocycles. The zero-order chi connectivity index (χ0) is 13.3. The van der Waals surface area contributed by atoms with Crippen molar-refractivity contribution in [1.82, 2.24) is 19.7 Å². The number of hydrogen-bond donors (Lipinski definition) is 1. The van der Waals surface area contributed by atoms with Crippen LogP contribution in [-0.4, -0.2) is 32.8 Å². The van der Waals surface area contributed by atoms with E-state index in [2.05, 4.69) is 19.8 Å². The van der Waals surface area contributed by atoms with Crippen LogP contribution in [0.4, 0.5) is 5.69 Å². The lowest BCUT2D eigenvalue weighted by molar-refractivity contribution is 0.0602. The normalized spacial score (nSPS) is 10.4. The second-order valence-corrected chi connectivity index (χ2v) is 3.71. The van der Waals surface area contributed by atoms with Crippen molar-refractivity contribution in [2.45, 2.75) is 13.8 Å². The van der Waals surface area contributed by atoms with Crippen molar-refractivity contribution in [3.8, 4) is 5.82 Å². The van der Waals surface area contributed by atoms with Gasteiger partial charge < -0.3 is 10.5 Å². The summed E-state index contributed by atoms with van der Waals surface area (Å²) >= 11 is 0. The highest BCUT2D eigenvalue weighted by Gasteiger charge is 2.17. The number of carbonyl (C=O) groups excluding carboxylic acids is 1. The molecule has 2 aromatic heterocycles. The van der Waals surface area contributed by atoms with Crippen LogP contribution in [0.5, 0.6) is 0 Å². The van der Waals surface area contributed by atoms with E-state index in [-0.39, 0.29) is 11.3 Å². The van der Waals surface area contributed by atoms with Gasteiger partial charge in [-0.3, -0.25) is 0 Å². The summed E-state index contributed by atoms with van der Waals surface area (Å²) in [4.78, 5) is 19.8. The summed E-state index contributed by atoms with van der Waals surface area (Å²) in [5.41, 5.74) is 6.40. The molecule has 0 spiro atoms. The van der Waals surface area contributed by atoms with E-state index in [1.54, 1.807) is 13.8 Å². The Balaban J connectivity index is 2.59. The number of nitrogen functional groups attached to an aromatic ring is 1. The Kier molecular flexibility index (Phi) is 2.97. The molecular weight excluding hydrogens is 234 g/mol. The first-order valence-corrected chi connectivity index (χ1v) is 5.28. The Morgan fingerprint density at radius 1 is 1.44 bits per heavy atom. The minimum Gasteiger partial charge on any atom is -0.465 e. The molecule has 0 radical (unpaired) electrons. The molecule has 7 nitrogen and oxygen atoms in total. The van der Waals surface area contributed by atoms with Crippen LogP contribution in [0.25, 0.3) is 5.82 Å². The molecule has 0 unspecified atom stereocenters. The van der Waals surface area contributed by atoms with E-state index >= 15 is 0 Å². The number of pyridine rings is 1. The number of anilines is 1. The molecule has 0 bridgehead atoms. The number of hydrogen-bond acceptors (Lipinski definition) is 6. The third-order valence-corrected chi connectivity index (χ3v) is 2.45. The highest BCUT2D eigenvalue weighted by atomic mass is 16.5. The van der Waals surface area contributed by atoms with Gasteiger partial charge in [0.25, 0.3) is 0 Å². The molecule has 2 aromatic rings. The molecular formula is C11H13N5O2. The van der Waals surface area contributed by atoms with Gasteiger partial charge in [0.1, 0.15) is 11.6 Å². The number of esters is 1. The first-order chi connectivity index (χ1) is 8.54. The van der Waals surface area contributed by atoms with Crippen molar-refractivity contribution < 1.29 is 9.53 Å². The smallest absolute Gasteiger partial charge is 0.340 e. The minimum absolute atomic E-state index is 0.220. The van der Waals surface area contributed by atoms with Gasteiger partial charge in [0, 0.05) is 6.20 Å². The van der Waals surface area contributed by atoms with E-state index in [0.717, 1.165) is 0 Å². The van der Waals surface area contributed by atoms with Gasteiger partial charge >= 0.3 is 5.97 Å². The summed E-state index contributed by atoms with van der Waals surface area (Å²) in [5.74, 6) is 1.12. The molecule has 0 fully saturated rings. The third kappa shape index (κ3) is 1.90. The van der Waals surface area contributed by atoms with Crippen molar-refractivity contribution in [1.29, 1.82) is 0 Å². The van der Waals surface area contributed by atoms with E-state index in [1.165, 1.54) is 24.1 Å². The monoisotopic (exact) mass is 247 g/mol. The van der Waals surface area contributed by atoms with Crippen molar-refractivity contribution in [2.24, 2.45) is 0 Å². The van der Waals surface area contributed by atoms with E-state index in [4.69, 9.17) is 5.73 Å². The Morgan fingerprint density at radius 3 is 2.72 bits per heavy atom. The maximum atomic E-state index is 11.5. The molecule has 0 atom stereocenters. The van der Waals surface area contributed by atoms with Crippen LogP contribution in [-0.2, 0) is 4.74 Å². The molecule has 2 rings (SSSR count). The summed E-state index contributed by atoms with van der Waals surface area (Å²) < 4.78 is 6.15. The van der Waals surface area contributed by atoms with Crippen molar-refractivity contribution in [3.63, 3.8) is 0 Å². The van der Waals surface area contributed by atoms with Crippen LogP contribution >= 0.6 is 0 Å². The fourth-order valence-corrected chi connectivity index (χ4v) is 1.64. The third-order valence-electron chi connectivity index (χ3n) is 2.45. The Hall–Kier alpha value is -2.44. The van der Waals surface area contributed by atoms with Crippen molar-refractivity contribution in [2.75, 3.05) is 12.8 Å². The van der Waals surface area contributed by atoms with Crippen molar-refractivity contribution >= 4 is 11.7 Å². The van der Waals surface area contributed by atoms with Crippen LogP contribution in [0.2, 0.25) is 0 Å². The average Bonchev–Trinajstić information content (AvgIpc) is 2.68. The molecule has 2 heterocycles. The summed E-state index contributed by atoms with van der Waals surface area (Å²) in [6.07, 6.45) is 1.48. The number of nitrogens with two attached hydrogens (primary N) is 1. The molecule has 0 aromatic carbocycles. The Morgan fingerprint density at radius 2 is 2.17 bits per heavy atom. The molecule has 0 aliphatic rings. The standard InChI is InChI=1S/C11H13N5O2/c1-6-14-7(2)16(15-6)10-9(12)8(4-5-13-10)11(17)18-3/h4-5H,12H2,1-3H3. The number of methoxy groups -OCH3 is 1. The SMILES string of the molecule is COC(=O)c1ccnc(-n2nc(C)nc2C)c1N. The van der Waals surface area contributed by atoms with Gasteiger partial charge in [-0.25, -0.2) is 14.8 Å². The molecule has 0 amide bonds. The highest BCUT2D eigenvalue weighted by molar-refractivity contribution is 5.96. The number of aromatic nitrogens is 4. The van der Waals surface area contributed by atoms with Crippen LogP contribution in [0.15, 0.2) is 12.3 Å². The molecule has 2 N–H and O–H groups in total. The number of rotatable bonds is 2. The van der Waals surface area contributed by atoms with Gasteiger partial charge in [0.05, 0.1) is 18.4 Å². The maximum Gasteiger partial charge on any atom is 0.340 e. The Labute approximate surface area is 104 Å². The topological polar surface area (TPSA) is 95.9 Å². The van der Waals surface area contributed by atoms with Gasteiger partial charge in [-0.1, -0.05) is 0 Å². The second-order valence-electron chi connectivity index (χ2n) is 3.71. The summed E-state index contributed by atoms with van der Waals surface area (Å²) in [6, 6.07) is 1.50.